The zero-order chi connectivity index (χ0) is 23.7. The third-order valence-electron chi connectivity index (χ3n) is 6.87. The Morgan fingerprint density at radius 2 is 1.94 bits per heavy atom. The topological polar surface area (TPSA) is 65.7 Å². The normalized spacial score (nSPS) is 17.2. The van der Waals surface area contributed by atoms with Crippen LogP contribution < -0.4 is 5.32 Å². The average molecular weight is 449 g/mol. The molecule has 0 saturated heterocycles. The van der Waals surface area contributed by atoms with Crippen molar-refractivity contribution >= 4 is 5.91 Å². The predicted octanol–water partition coefficient (Wildman–Crippen LogP) is 4.80. The van der Waals surface area contributed by atoms with E-state index in [1.807, 2.05) is 32.0 Å². The summed E-state index contributed by atoms with van der Waals surface area (Å²) in [6.45, 7) is 5.06. The number of aromatic hydroxyl groups is 1. The number of hydrogen-bond donors (Lipinski definition) is 2. The Kier molecular flexibility index (Phi) is 6.98. The van der Waals surface area contributed by atoms with Crippen molar-refractivity contribution in [1.82, 2.24) is 10.2 Å². The maximum Gasteiger partial charge on any atom is 0.251 e. The molecule has 0 aliphatic heterocycles. The lowest BCUT2D eigenvalue weighted by molar-refractivity contribution is -0.124. The quantitative estimate of drug-likeness (QED) is 0.548. The first-order chi connectivity index (χ1) is 14.9. The van der Waals surface area contributed by atoms with Gasteiger partial charge in [-0.05, 0) is 89.5 Å². The van der Waals surface area contributed by atoms with E-state index in [0.717, 1.165) is 18.1 Å². The zero-order valence-corrected chi connectivity index (χ0v) is 19.5. The highest BCUT2D eigenvalue weighted by molar-refractivity contribution is 5.77. The van der Waals surface area contributed by atoms with Gasteiger partial charge in [-0.2, -0.15) is 0 Å². The minimum absolute atomic E-state index is 0.0222. The maximum atomic E-state index is 14.5. The van der Waals surface area contributed by atoms with Gasteiger partial charge in [0.1, 0.15) is 17.3 Å². The number of halogens is 2. The van der Waals surface area contributed by atoms with Crippen molar-refractivity contribution in [3.63, 3.8) is 0 Å². The standard InChI is InChI=1S/C25H34F2N2O3/c1-16-12-20(30)8-7-18(16)13-19(29(4)5)15-28-23(31)14-21(22-9-6-17(2)32-22)25(10-11-25)24(3,26)27/h6-9,12,19,21,30H,10-11,13-15H2,1-5H3,(H,28,31)/t19-,21-/m0/s1. The molecule has 0 spiro atoms. The van der Waals surface area contributed by atoms with Crippen molar-refractivity contribution in [2.24, 2.45) is 5.41 Å². The summed E-state index contributed by atoms with van der Waals surface area (Å²) in [5, 5.41) is 12.6. The van der Waals surface area contributed by atoms with Crippen LogP contribution in [0.3, 0.4) is 0 Å². The van der Waals surface area contributed by atoms with Crippen molar-refractivity contribution in [3.05, 3.63) is 53.0 Å². The van der Waals surface area contributed by atoms with Crippen molar-refractivity contribution < 1.29 is 23.1 Å². The lowest BCUT2D eigenvalue weighted by atomic mass is 9.80. The summed E-state index contributed by atoms with van der Waals surface area (Å²) in [5.41, 5.74) is 0.846. The third-order valence-corrected chi connectivity index (χ3v) is 6.87. The number of aryl methyl sites for hydroxylation is 2. The van der Waals surface area contributed by atoms with Crippen molar-refractivity contribution in [2.75, 3.05) is 20.6 Å². The molecule has 1 aromatic heterocycles. The van der Waals surface area contributed by atoms with Gasteiger partial charge in [0.2, 0.25) is 5.91 Å². The van der Waals surface area contributed by atoms with E-state index in [1.165, 1.54) is 0 Å². The number of rotatable bonds is 10. The number of carbonyl (C=O) groups excluding carboxylic acids is 1. The Balaban J connectivity index is 1.69. The molecule has 0 radical (unpaired) electrons. The fourth-order valence-electron chi connectivity index (χ4n) is 4.53. The number of nitrogens with zero attached hydrogens (tertiary/aromatic N) is 1. The molecule has 2 N–H and O–H groups in total. The molecular weight excluding hydrogens is 414 g/mol. The Morgan fingerprint density at radius 3 is 2.44 bits per heavy atom. The molecule has 32 heavy (non-hydrogen) atoms. The van der Waals surface area contributed by atoms with Gasteiger partial charge in [-0.15, -0.1) is 0 Å². The number of hydrogen-bond acceptors (Lipinski definition) is 4. The number of phenolic OH excluding ortho intramolecular Hbond substituents is 1. The molecule has 1 heterocycles. The van der Waals surface area contributed by atoms with Crippen LogP contribution in [0.25, 0.3) is 0 Å². The van der Waals surface area contributed by atoms with E-state index in [1.54, 1.807) is 31.2 Å². The van der Waals surface area contributed by atoms with Crippen molar-refractivity contribution in [3.8, 4) is 5.75 Å². The number of phenols is 1. The summed E-state index contributed by atoms with van der Waals surface area (Å²) in [5.74, 6) is -2.47. The van der Waals surface area contributed by atoms with E-state index < -0.39 is 17.3 Å². The van der Waals surface area contributed by atoms with Crippen LogP contribution in [0.2, 0.25) is 0 Å². The second-order valence-electron chi connectivity index (χ2n) is 9.49. The molecule has 1 aliphatic rings. The fraction of sp³-hybridized carbons (Fsp3) is 0.560. The van der Waals surface area contributed by atoms with Crippen molar-refractivity contribution in [1.29, 1.82) is 0 Å². The number of alkyl halides is 2. The number of furan rings is 1. The Labute approximate surface area is 188 Å². The molecule has 5 nitrogen and oxygen atoms in total. The summed E-state index contributed by atoms with van der Waals surface area (Å²) in [4.78, 5) is 14.9. The van der Waals surface area contributed by atoms with E-state index in [2.05, 4.69) is 5.32 Å². The van der Waals surface area contributed by atoms with Gasteiger partial charge in [0.15, 0.2) is 0 Å². The maximum absolute atomic E-state index is 14.5. The molecule has 1 aromatic carbocycles. The summed E-state index contributed by atoms with van der Waals surface area (Å²) >= 11 is 0. The minimum Gasteiger partial charge on any atom is -0.508 e. The van der Waals surface area contributed by atoms with E-state index in [4.69, 9.17) is 4.42 Å². The first-order valence-electron chi connectivity index (χ1n) is 11.1. The van der Waals surface area contributed by atoms with E-state index in [9.17, 15) is 18.7 Å². The number of benzene rings is 1. The lowest BCUT2D eigenvalue weighted by Gasteiger charge is -2.31. The summed E-state index contributed by atoms with van der Waals surface area (Å²) in [6, 6.07) is 8.76. The van der Waals surface area contributed by atoms with E-state index in [0.29, 0.717) is 37.3 Å². The van der Waals surface area contributed by atoms with Crippen LogP contribution in [0.15, 0.2) is 34.7 Å². The minimum atomic E-state index is -2.89. The highest BCUT2D eigenvalue weighted by atomic mass is 19.3. The predicted molar refractivity (Wildman–Crippen MR) is 120 cm³/mol. The van der Waals surface area contributed by atoms with Gasteiger partial charge in [0, 0.05) is 30.3 Å². The molecule has 1 amide bonds. The van der Waals surface area contributed by atoms with Gasteiger partial charge in [-0.1, -0.05) is 6.07 Å². The molecule has 0 bridgehead atoms. The van der Waals surface area contributed by atoms with Crippen molar-refractivity contribution in [2.45, 2.75) is 64.3 Å². The van der Waals surface area contributed by atoms with Crippen LogP contribution in [0.4, 0.5) is 8.78 Å². The van der Waals surface area contributed by atoms with Gasteiger partial charge in [0.25, 0.3) is 5.92 Å². The summed E-state index contributed by atoms with van der Waals surface area (Å²) in [6.07, 6.45) is 1.43. The molecule has 0 unspecified atom stereocenters. The summed E-state index contributed by atoms with van der Waals surface area (Å²) in [7, 11) is 3.88. The Morgan fingerprint density at radius 1 is 1.25 bits per heavy atom. The van der Waals surface area contributed by atoms with Crippen LogP contribution in [-0.2, 0) is 11.2 Å². The first-order valence-corrected chi connectivity index (χ1v) is 11.1. The molecule has 1 saturated carbocycles. The largest absolute Gasteiger partial charge is 0.508 e. The highest BCUT2D eigenvalue weighted by Gasteiger charge is 2.64. The van der Waals surface area contributed by atoms with Crippen LogP contribution in [0, 0.1) is 19.3 Å². The van der Waals surface area contributed by atoms with Crippen LogP contribution >= 0.6 is 0 Å². The second kappa shape index (κ2) is 9.22. The van der Waals surface area contributed by atoms with E-state index >= 15 is 0 Å². The van der Waals surface area contributed by atoms with Gasteiger partial charge in [-0.3, -0.25) is 4.79 Å². The monoisotopic (exact) mass is 448 g/mol. The van der Waals surface area contributed by atoms with Gasteiger partial charge in [-0.25, -0.2) is 8.78 Å². The fourth-order valence-corrected chi connectivity index (χ4v) is 4.53. The first kappa shape index (κ1) is 24.2. The van der Waals surface area contributed by atoms with Gasteiger partial charge >= 0.3 is 0 Å². The van der Waals surface area contributed by atoms with Gasteiger partial charge in [0.05, 0.1) is 0 Å². The number of nitrogens with one attached hydrogen (secondary N) is 1. The molecule has 2 atom stereocenters. The molecule has 7 heteroatoms. The molecule has 3 rings (SSSR count). The second-order valence-corrected chi connectivity index (χ2v) is 9.49. The van der Waals surface area contributed by atoms with E-state index in [-0.39, 0.29) is 24.1 Å². The number of likely N-dealkylation sites (N-methyl/N-ethyl adjacent to an activating group) is 1. The molecular formula is C25H34F2N2O3. The lowest BCUT2D eigenvalue weighted by Crippen LogP contribution is -2.43. The number of carbonyl (C=O) groups is 1. The van der Waals surface area contributed by atoms with Crippen LogP contribution in [0.5, 0.6) is 5.75 Å². The third kappa shape index (κ3) is 5.31. The highest BCUT2D eigenvalue weighted by Crippen LogP contribution is 2.65. The van der Waals surface area contributed by atoms with Crippen LogP contribution in [0.1, 0.15) is 54.8 Å². The zero-order valence-electron chi connectivity index (χ0n) is 19.5. The van der Waals surface area contributed by atoms with Gasteiger partial charge < -0.3 is 19.7 Å². The average Bonchev–Trinajstić information content (AvgIpc) is 3.40. The molecule has 176 valence electrons. The van der Waals surface area contributed by atoms with Crippen LogP contribution in [-0.4, -0.2) is 48.5 Å². The summed E-state index contributed by atoms with van der Waals surface area (Å²) < 4.78 is 34.7. The SMILES string of the molecule is Cc1ccc([C@H](CC(=O)NC[C@H](Cc2ccc(O)cc2C)N(C)C)C2(C(C)(F)F)CC2)o1. The Hall–Kier alpha value is -2.41. The molecule has 1 aliphatic carbocycles. The molecule has 1 fully saturated rings. The smallest absolute Gasteiger partial charge is 0.251 e. The Bertz CT molecular complexity index is 945. The molecule has 2 aromatic rings. The number of amides is 1.